The molecule has 12 heavy (non-hydrogen) atoms. The second-order valence-corrected chi connectivity index (χ2v) is 4.15. The minimum Gasteiger partial charge on any atom is -0.443 e. The summed E-state index contributed by atoms with van der Waals surface area (Å²) in [6, 6.07) is 0. The molecule has 0 radical (unpaired) electrons. The fourth-order valence-electron chi connectivity index (χ4n) is 1.52. The lowest BCUT2D eigenvalue weighted by Crippen LogP contribution is -2.38. The largest absolute Gasteiger partial charge is 0.443 e. The number of primary amides is 1. The maximum absolute atomic E-state index is 10.6. The Morgan fingerprint density at radius 1 is 1.58 bits per heavy atom. The summed E-state index contributed by atoms with van der Waals surface area (Å²) < 4.78 is 5.04. The van der Waals surface area contributed by atoms with Crippen molar-refractivity contribution in [1.29, 1.82) is 0 Å². The summed E-state index contributed by atoms with van der Waals surface area (Å²) in [5, 5.41) is 0. The monoisotopic (exact) mass is 171 g/mol. The normalized spacial score (nSPS) is 20.2. The number of hydrogen-bond donors (Lipinski definition) is 1. The number of nitrogens with two attached hydrogens (primary N) is 1. The van der Waals surface area contributed by atoms with E-state index in [1.807, 2.05) is 13.8 Å². The molecular weight excluding hydrogens is 154 g/mol. The van der Waals surface area contributed by atoms with Crippen molar-refractivity contribution in [3.63, 3.8) is 0 Å². The van der Waals surface area contributed by atoms with Crippen LogP contribution in [0, 0.1) is 11.8 Å². The van der Waals surface area contributed by atoms with Gasteiger partial charge in [-0.2, -0.15) is 0 Å². The molecule has 1 fully saturated rings. The lowest BCUT2D eigenvalue weighted by molar-refractivity contribution is -0.00260. The number of carbonyl (C=O) groups excluding carboxylic acids is 1. The summed E-state index contributed by atoms with van der Waals surface area (Å²) in [6.07, 6.45) is 1.84. The van der Waals surface area contributed by atoms with Gasteiger partial charge in [0.15, 0.2) is 0 Å². The molecule has 2 N–H and O–H groups in total. The maximum atomic E-state index is 10.6. The van der Waals surface area contributed by atoms with E-state index in [0.717, 1.165) is 5.92 Å². The number of carbonyl (C=O) groups is 1. The van der Waals surface area contributed by atoms with E-state index in [2.05, 4.69) is 6.92 Å². The fourth-order valence-corrected chi connectivity index (χ4v) is 1.52. The first-order valence-corrected chi connectivity index (χ1v) is 4.42. The van der Waals surface area contributed by atoms with Crippen molar-refractivity contribution in [2.24, 2.45) is 17.6 Å². The van der Waals surface area contributed by atoms with Gasteiger partial charge in [0.2, 0.25) is 0 Å². The van der Waals surface area contributed by atoms with Crippen molar-refractivity contribution in [3.8, 4) is 0 Å². The first-order chi connectivity index (χ1) is 5.43. The summed E-state index contributed by atoms with van der Waals surface area (Å²) in [5.74, 6) is 1.13. The Bertz CT molecular complexity index is 185. The van der Waals surface area contributed by atoms with Crippen LogP contribution in [0.1, 0.15) is 33.6 Å². The predicted molar refractivity (Wildman–Crippen MR) is 46.6 cm³/mol. The summed E-state index contributed by atoms with van der Waals surface area (Å²) >= 11 is 0. The third kappa shape index (κ3) is 2.13. The molecular formula is C9H17NO2. The van der Waals surface area contributed by atoms with E-state index in [4.69, 9.17) is 10.5 Å². The highest BCUT2D eigenvalue weighted by Crippen LogP contribution is 2.42. The highest BCUT2D eigenvalue weighted by Gasteiger charge is 2.40. The minimum absolute atomic E-state index is 0.407. The molecule has 1 aliphatic carbocycles. The molecule has 0 spiro atoms. The first kappa shape index (κ1) is 9.36. The van der Waals surface area contributed by atoms with Gasteiger partial charge in [0, 0.05) is 0 Å². The molecule has 0 heterocycles. The van der Waals surface area contributed by atoms with Crippen LogP contribution < -0.4 is 5.73 Å². The molecule has 0 aliphatic heterocycles. The van der Waals surface area contributed by atoms with Gasteiger partial charge < -0.3 is 10.5 Å². The van der Waals surface area contributed by atoms with Crippen LogP contribution in [0.4, 0.5) is 4.79 Å². The summed E-state index contributed by atoms with van der Waals surface area (Å²) in [5.41, 5.74) is 4.57. The summed E-state index contributed by atoms with van der Waals surface area (Å²) in [4.78, 5) is 10.6. The lowest BCUT2D eigenvalue weighted by Gasteiger charge is -2.30. The predicted octanol–water partition coefficient (Wildman–Crippen LogP) is 1.91. The number of ether oxygens (including phenoxy) is 1. The zero-order valence-electron chi connectivity index (χ0n) is 7.96. The van der Waals surface area contributed by atoms with Gasteiger partial charge in [-0.15, -0.1) is 0 Å². The molecule has 0 aromatic carbocycles. The van der Waals surface area contributed by atoms with Gasteiger partial charge in [-0.3, -0.25) is 0 Å². The average Bonchev–Trinajstić information content (AvgIpc) is 2.63. The van der Waals surface area contributed by atoms with Crippen molar-refractivity contribution in [2.75, 3.05) is 0 Å². The molecule has 0 aromatic rings. The van der Waals surface area contributed by atoms with E-state index >= 15 is 0 Å². The Morgan fingerprint density at radius 2 is 2.08 bits per heavy atom. The lowest BCUT2D eigenvalue weighted by atomic mass is 9.88. The number of rotatable bonds is 3. The fraction of sp³-hybridized carbons (Fsp3) is 0.889. The van der Waals surface area contributed by atoms with E-state index in [-0.39, 0.29) is 0 Å². The molecule has 1 unspecified atom stereocenters. The Labute approximate surface area is 73.3 Å². The molecule has 1 rings (SSSR count). The van der Waals surface area contributed by atoms with E-state index < -0.39 is 11.7 Å². The smallest absolute Gasteiger partial charge is 0.405 e. The third-order valence-corrected chi connectivity index (χ3v) is 2.79. The van der Waals surface area contributed by atoms with E-state index in [1.165, 1.54) is 12.8 Å². The van der Waals surface area contributed by atoms with Crippen LogP contribution in [0.5, 0.6) is 0 Å². The quantitative estimate of drug-likeness (QED) is 0.705. The molecule has 0 bridgehead atoms. The Morgan fingerprint density at radius 3 is 2.42 bits per heavy atom. The highest BCUT2D eigenvalue weighted by molar-refractivity contribution is 5.65. The van der Waals surface area contributed by atoms with Crippen molar-refractivity contribution < 1.29 is 9.53 Å². The van der Waals surface area contributed by atoms with Gasteiger partial charge in [-0.1, -0.05) is 6.92 Å². The van der Waals surface area contributed by atoms with Crippen LogP contribution in [-0.4, -0.2) is 11.7 Å². The number of amides is 1. The molecule has 1 atom stereocenters. The van der Waals surface area contributed by atoms with Gasteiger partial charge in [-0.05, 0) is 38.5 Å². The highest BCUT2D eigenvalue weighted by atomic mass is 16.6. The van der Waals surface area contributed by atoms with Gasteiger partial charge >= 0.3 is 6.09 Å². The topological polar surface area (TPSA) is 52.3 Å². The molecule has 70 valence electrons. The Hall–Kier alpha value is -0.730. The Balaban J connectivity index is 2.49. The standard InChI is InChI=1S/C9H17NO2/c1-6(7-4-5-7)9(2,3)12-8(10)11/h6-7H,4-5H2,1-3H3,(H2,10,11). The van der Waals surface area contributed by atoms with Crippen LogP contribution in [0.3, 0.4) is 0 Å². The van der Waals surface area contributed by atoms with Crippen molar-refractivity contribution >= 4 is 6.09 Å². The van der Waals surface area contributed by atoms with Gasteiger partial charge in [-0.25, -0.2) is 4.79 Å². The van der Waals surface area contributed by atoms with Crippen LogP contribution in [0.15, 0.2) is 0 Å². The second kappa shape index (κ2) is 2.96. The molecule has 1 saturated carbocycles. The maximum Gasteiger partial charge on any atom is 0.405 e. The summed E-state index contributed by atoms with van der Waals surface area (Å²) in [6.45, 7) is 5.95. The zero-order chi connectivity index (χ0) is 9.35. The van der Waals surface area contributed by atoms with Gasteiger partial charge in [0.25, 0.3) is 0 Å². The molecule has 0 saturated heterocycles. The number of hydrogen-bond acceptors (Lipinski definition) is 2. The minimum atomic E-state index is -0.674. The molecule has 3 nitrogen and oxygen atoms in total. The van der Waals surface area contributed by atoms with Crippen LogP contribution in [-0.2, 0) is 4.74 Å². The van der Waals surface area contributed by atoms with Crippen molar-refractivity contribution in [3.05, 3.63) is 0 Å². The van der Waals surface area contributed by atoms with Gasteiger partial charge in [0.1, 0.15) is 5.60 Å². The van der Waals surface area contributed by atoms with Crippen LogP contribution >= 0.6 is 0 Å². The third-order valence-electron chi connectivity index (χ3n) is 2.79. The van der Waals surface area contributed by atoms with Crippen LogP contribution in [0.25, 0.3) is 0 Å². The van der Waals surface area contributed by atoms with E-state index in [0.29, 0.717) is 5.92 Å². The zero-order valence-corrected chi connectivity index (χ0v) is 7.96. The second-order valence-electron chi connectivity index (χ2n) is 4.15. The van der Waals surface area contributed by atoms with E-state index in [1.54, 1.807) is 0 Å². The van der Waals surface area contributed by atoms with Crippen molar-refractivity contribution in [1.82, 2.24) is 0 Å². The SMILES string of the molecule is CC(C1CC1)C(C)(C)OC(N)=O. The van der Waals surface area contributed by atoms with E-state index in [9.17, 15) is 4.79 Å². The van der Waals surface area contributed by atoms with Crippen LogP contribution in [0.2, 0.25) is 0 Å². The van der Waals surface area contributed by atoms with Crippen molar-refractivity contribution in [2.45, 2.75) is 39.2 Å². The molecule has 1 aliphatic rings. The average molecular weight is 171 g/mol. The molecule has 1 amide bonds. The Kier molecular flexibility index (Phi) is 2.31. The summed E-state index contributed by atoms with van der Waals surface area (Å²) in [7, 11) is 0. The molecule has 3 heteroatoms. The van der Waals surface area contributed by atoms with Gasteiger partial charge in [0.05, 0.1) is 0 Å². The molecule has 0 aromatic heterocycles. The first-order valence-electron chi connectivity index (χ1n) is 4.42.